The van der Waals surface area contributed by atoms with Gasteiger partial charge in [0.05, 0.1) is 6.04 Å². The highest BCUT2D eigenvalue weighted by Crippen LogP contribution is 2.16. The summed E-state index contributed by atoms with van der Waals surface area (Å²) in [6, 6.07) is -0.345. The molecule has 0 radical (unpaired) electrons. The monoisotopic (exact) mass is 126 g/mol. The lowest BCUT2D eigenvalue weighted by Gasteiger charge is -2.07. The van der Waals surface area contributed by atoms with E-state index in [2.05, 4.69) is 6.58 Å². The fourth-order valence-corrected chi connectivity index (χ4v) is 0.883. The lowest BCUT2D eigenvalue weighted by atomic mass is 10.2. The molecule has 1 amide bonds. The Balaban J connectivity index is 2.77. The molecule has 0 aromatic rings. The van der Waals surface area contributed by atoms with Crippen LogP contribution in [0.2, 0.25) is 0 Å². The van der Waals surface area contributed by atoms with E-state index in [9.17, 15) is 4.79 Å². The molecule has 1 atom stereocenters. The van der Waals surface area contributed by atoms with E-state index in [0.29, 0.717) is 6.42 Å². The highest BCUT2D eigenvalue weighted by molar-refractivity contribution is 5.86. The summed E-state index contributed by atoms with van der Waals surface area (Å²) in [5, 5.41) is 0. The maximum Gasteiger partial charge on any atom is 0.243 e. The van der Waals surface area contributed by atoms with Crippen LogP contribution in [0.25, 0.3) is 0 Å². The predicted molar refractivity (Wildman–Crippen MR) is 34.5 cm³/mol. The predicted octanol–water partition coefficient (Wildman–Crippen LogP) is -0.310. The van der Waals surface area contributed by atoms with E-state index in [4.69, 9.17) is 5.73 Å². The van der Waals surface area contributed by atoms with E-state index in [0.717, 1.165) is 5.70 Å². The lowest BCUT2D eigenvalue weighted by Crippen LogP contribution is -2.31. The second kappa shape index (κ2) is 1.84. The summed E-state index contributed by atoms with van der Waals surface area (Å²) in [6.45, 7) is 3.66. The molecule has 0 aromatic carbocycles. The van der Waals surface area contributed by atoms with Crippen LogP contribution in [0.5, 0.6) is 0 Å². The molecule has 50 valence electrons. The molecule has 0 aromatic heterocycles. The van der Waals surface area contributed by atoms with Gasteiger partial charge in [-0.05, 0) is 0 Å². The molecule has 0 aliphatic carbocycles. The Morgan fingerprint density at radius 3 is 2.56 bits per heavy atom. The zero-order valence-electron chi connectivity index (χ0n) is 5.42. The van der Waals surface area contributed by atoms with E-state index in [1.54, 1.807) is 7.05 Å². The van der Waals surface area contributed by atoms with Gasteiger partial charge in [-0.2, -0.15) is 0 Å². The van der Waals surface area contributed by atoms with Crippen molar-refractivity contribution in [2.75, 3.05) is 7.05 Å². The Labute approximate surface area is 54.1 Å². The number of rotatable bonds is 0. The first-order valence-corrected chi connectivity index (χ1v) is 2.84. The molecule has 1 saturated heterocycles. The Bertz CT molecular complexity index is 164. The number of carbonyl (C=O) groups excluding carboxylic acids is 1. The molecule has 1 fully saturated rings. The molecule has 1 rings (SSSR count). The topological polar surface area (TPSA) is 46.3 Å². The standard InChI is InChI=1S/C6H10N2O/c1-4-3-5(7)6(9)8(4)2/h5H,1,3,7H2,2H3. The average molecular weight is 126 g/mol. The van der Waals surface area contributed by atoms with Crippen LogP contribution in [0, 0.1) is 0 Å². The summed E-state index contributed by atoms with van der Waals surface area (Å²) in [6.07, 6.45) is 0.606. The highest BCUT2D eigenvalue weighted by Gasteiger charge is 2.28. The van der Waals surface area contributed by atoms with Crippen molar-refractivity contribution >= 4 is 5.91 Å². The molecular weight excluding hydrogens is 116 g/mol. The molecule has 1 aliphatic rings. The van der Waals surface area contributed by atoms with Crippen molar-refractivity contribution in [3.05, 3.63) is 12.3 Å². The fourth-order valence-electron chi connectivity index (χ4n) is 0.883. The average Bonchev–Trinajstić information content (AvgIpc) is 1.98. The van der Waals surface area contributed by atoms with Crippen molar-refractivity contribution in [2.24, 2.45) is 5.73 Å². The summed E-state index contributed by atoms with van der Waals surface area (Å²) in [5.74, 6) is -0.0278. The summed E-state index contributed by atoms with van der Waals surface area (Å²) in [7, 11) is 1.69. The summed E-state index contributed by atoms with van der Waals surface area (Å²) >= 11 is 0. The minimum Gasteiger partial charge on any atom is -0.320 e. The largest absolute Gasteiger partial charge is 0.320 e. The number of nitrogens with two attached hydrogens (primary N) is 1. The van der Waals surface area contributed by atoms with Gasteiger partial charge in [0.1, 0.15) is 0 Å². The van der Waals surface area contributed by atoms with Gasteiger partial charge in [0.2, 0.25) is 5.91 Å². The number of likely N-dealkylation sites (N-methyl/N-ethyl adjacent to an activating group) is 1. The molecule has 0 saturated carbocycles. The Kier molecular flexibility index (Phi) is 1.29. The van der Waals surface area contributed by atoms with Crippen LogP contribution in [0.15, 0.2) is 12.3 Å². The van der Waals surface area contributed by atoms with Crippen LogP contribution in [0.4, 0.5) is 0 Å². The van der Waals surface area contributed by atoms with Crippen LogP contribution in [-0.4, -0.2) is 23.9 Å². The molecule has 2 N–H and O–H groups in total. The van der Waals surface area contributed by atoms with Crippen LogP contribution in [0.1, 0.15) is 6.42 Å². The van der Waals surface area contributed by atoms with Crippen molar-refractivity contribution in [3.63, 3.8) is 0 Å². The third kappa shape index (κ3) is 0.833. The molecule has 1 heterocycles. The first kappa shape index (κ1) is 6.29. The van der Waals surface area contributed by atoms with Gasteiger partial charge >= 0.3 is 0 Å². The number of amides is 1. The maximum atomic E-state index is 10.9. The van der Waals surface area contributed by atoms with E-state index in [1.807, 2.05) is 0 Å². The van der Waals surface area contributed by atoms with Crippen molar-refractivity contribution in [3.8, 4) is 0 Å². The number of carbonyl (C=O) groups is 1. The Morgan fingerprint density at radius 2 is 2.44 bits per heavy atom. The molecule has 0 spiro atoms. The normalized spacial score (nSPS) is 27.8. The minimum atomic E-state index is -0.345. The van der Waals surface area contributed by atoms with E-state index < -0.39 is 0 Å². The van der Waals surface area contributed by atoms with E-state index >= 15 is 0 Å². The van der Waals surface area contributed by atoms with Gasteiger partial charge in [-0.25, -0.2) is 0 Å². The lowest BCUT2D eigenvalue weighted by molar-refractivity contribution is -0.126. The maximum absolute atomic E-state index is 10.9. The molecule has 9 heavy (non-hydrogen) atoms. The minimum absolute atomic E-state index is 0.0278. The Hall–Kier alpha value is -0.830. The van der Waals surface area contributed by atoms with Gasteiger partial charge in [-0.15, -0.1) is 0 Å². The van der Waals surface area contributed by atoms with Crippen molar-refractivity contribution in [1.29, 1.82) is 0 Å². The summed E-state index contributed by atoms with van der Waals surface area (Å²) < 4.78 is 0. The van der Waals surface area contributed by atoms with Gasteiger partial charge < -0.3 is 10.6 Å². The van der Waals surface area contributed by atoms with Crippen LogP contribution < -0.4 is 5.73 Å². The van der Waals surface area contributed by atoms with Gasteiger partial charge in [0.25, 0.3) is 0 Å². The van der Waals surface area contributed by atoms with E-state index in [-0.39, 0.29) is 11.9 Å². The summed E-state index contributed by atoms with van der Waals surface area (Å²) in [5.41, 5.74) is 6.22. The molecule has 1 unspecified atom stereocenters. The zero-order chi connectivity index (χ0) is 7.02. The number of nitrogens with zero attached hydrogens (tertiary/aromatic N) is 1. The van der Waals surface area contributed by atoms with Crippen LogP contribution >= 0.6 is 0 Å². The number of likely N-dealkylation sites (tertiary alicyclic amines) is 1. The Morgan fingerprint density at radius 1 is 1.89 bits per heavy atom. The van der Waals surface area contributed by atoms with Crippen molar-refractivity contribution in [2.45, 2.75) is 12.5 Å². The molecule has 0 bridgehead atoms. The van der Waals surface area contributed by atoms with Gasteiger partial charge in [0.15, 0.2) is 0 Å². The molecule has 3 heteroatoms. The van der Waals surface area contributed by atoms with Crippen molar-refractivity contribution in [1.82, 2.24) is 4.90 Å². The molecule has 3 nitrogen and oxygen atoms in total. The smallest absolute Gasteiger partial charge is 0.243 e. The van der Waals surface area contributed by atoms with Crippen LogP contribution in [-0.2, 0) is 4.79 Å². The second-order valence-corrected chi connectivity index (χ2v) is 2.27. The van der Waals surface area contributed by atoms with Gasteiger partial charge in [-0.1, -0.05) is 6.58 Å². The fraction of sp³-hybridized carbons (Fsp3) is 0.500. The molecule has 1 aliphatic heterocycles. The quantitative estimate of drug-likeness (QED) is 0.484. The third-order valence-corrected chi connectivity index (χ3v) is 1.58. The first-order valence-electron chi connectivity index (χ1n) is 2.84. The van der Waals surface area contributed by atoms with Crippen LogP contribution in [0.3, 0.4) is 0 Å². The first-order chi connectivity index (χ1) is 4.13. The third-order valence-electron chi connectivity index (χ3n) is 1.58. The summed E-state index contributed by atoms with van der Waals surface area (Å²) in [4.78, 5) is 12.4. The number of hydrogen-bond donors (Lipinski definition) is 1. The SMILES string of the molecule is C=C1CC(N)C(=O)N1C. The van der Waals surface area contributed by atoms with Gasteiger partial charge in [0, 0.05) is 19.2 Å². The molecular formula is C6H10N2O. The van der Waals surface area contributed by atoms with E-state index in [1.165, 1.54) is 4.90 Å². The second-order valence-electron chi connectivity index (χ2n) is 2.27. The highest BCUT2D eigenvalue weighted by atomic mass is 16.2. The van der Waals surface area contributed by atoms with Gasteiger partial charge in [-0.3, -0.25) is 4.79 Å². The number of hydrogen-bond acceptors (Lipinski definition) is 2. The zero-order valence-corrected chi connectivity index (χ0v) is 5.42. The van der Waals surface area contributed by atoms with Crippen molar-refractivity contribution < 1.29 is 4.79 Å².